The average molecular weight is 480 g/mol. The third-order valence-electron chi connectivity index (χ3n) is 5.95. The quantitative estimate of drug-likeness (QED) is 0.255. The zero-order valence-corrected chi connectivity index (χ0v) is 19.8. The van der Waals surface area contributed by atoms with Crippen molar-refractivity contribution in [2.45, 2.75) is 13.5 Å². The molecule has 0 fully saturated rings. The minimum atomic E-state index is -0.547. The summed E-state index contributed by atoms with van der Waals surface area (Å²) in [6.07, 6.45) is 0. The summed E-state index contributed by atoms with van der Waals surface area (Å²) in [6, 6.07) is 28.8. The number of aryl methyl sites for hydroxylation is 1. The zero-order valence-electron chi connectivity index (χ0n) is 19.8. The molecule has 0 aliphatic rings. The number of amides is 1. The molecule has 1 N–H and O–H groups in total. The highest BCUT2D eigenvalue weighted by Crippen LogP contribution is 2.38. The van der Waals surface area contributed by atoms with Gasteiger partial charge in [-0.25, -0.2) is 0 Å². The number of aromatic nitrogens is 1. The van der Waals surface area contributed by atoms with Gasteiger partial charge in [0, 0.05) is 10.8 Å². The van der Waals surface area contributed by atoms with Crippen LogP contribution in [0.15, 0.2) is 101 Å². The number of azo groups is 1. The summed E-state index contributed by atoms with van der Waals surface area (Å²) in [7, 11) is 0. The number of benzene rings is 4. The topological polar surface area (TPSA) is 85.4 Å². The SMILES string of the molecule is Cc1ccccc1OCC(=O)N=Nc1c(O)n(CCOc2cccc3ccccc23)c2ccccc12. The molecule has 7 nitrogen and oxygen atoms in total. The minimum absolute atomic E-state index is 0.0749. The molecule has 0 bridgehead atoms. The molecular formula is C29H25N3O4. The van der Waals surface area contributed by atoms with Crippen molar-refractivity contribution in [3.8, 4) is 17.4 Å². The van der Waals surface area contributed by atoms with Crippen LogP contribution in [-0.2, 0) is 11.3 Å². The van der Waals surface area contributed by atoms with E-state index in [0.29, 0.717) is 24.3 Å². The van der Waals surface area contributed by atoms with Gasteiger partial charge in [-0.2, -0.15) is 0 Å². The number of rotatable bonds is 8. The van der Waals surface area contributed by atoms with Gasteiger partial charge >= 0.3 is 5.91 Å². The first-order valence-electron chi connectivity index (χ1n) is 11.7. The number of ether oxygens (including phenoxy) is 2. The third kappa shape index (κ3) is 4.77. The Morgan fingerprint density at radius 3 is 2.39 bits per heavy atom. The van der Waals surface area contributed by atoms with Crippen molar-refractivity contribution in [1.29, 1.82) is 0 Å². The number of carbonyl (C=O) groups excluding carboxylic acids is 1. The van der Waals surface area contributed by atoms with Crippen LogP contribution < -0.4 is 9.47 Å². The number of carbonyl (C=O) groups is 1. The number of nitrogens with zero attached hydrogens (tertiary/aromatic N) is 3. The first-order chi connectivity index (χ1) is 17.6. The molecule has 0 saturated heterocycles. The third-order valence-corrected chi connectivity index (χ3v) is 5.95. The van der Waals surface area contributed by atoms with Gasteiger partial charge in [-0.15, -0.1) is 10.2 Å². The summed E-state index contributed by atoms with van der Waals surface area (Å²) in [5.74, 6) is 0.776. The number of para-hydroxylation sites is 2. The number of aromatic hydroxyl groups is 1. The molecule has 0 spiro atoms. The molecule has 180 valence electrons. The minimum Gasteiger partial charge on any atom is -0.493 e. The van der Waals surface area contributed by atoms with E-state index < -0.39 is 5.91 Å². The van der Waals surface area contributed by atoms with Gasteiger partial charge in [0.15, 0.2) is 12.3 Å². The molecule has 0 saturated carbocycles. The fourth-order valence-electron chi connectivity index (χ4n) is 4.16. The molecule has 4 aromatic carbocycles. The number of hydrogen-bond donors (Lipinski definition) is 1. The maximum Gasteiger partial charge on any atom is 0.302 e. The average Bonchev–Trinajstić information content (AvgIpc) is 3.17. The molecule has 0 aliphatic heterocycles. The fourth-order valence-corrected chi connectivity index (χ4v) is 4.16. The van der Waals surface area contributed by atoms with E-state index in [0.717, 1.165) is 27.6 Å². The Balaban J connectivity index is 1.32. The maximum absolute atomic E-state index is 12.3. The lowest BCUT2D eigenvalue weighted by Gasteiger charge is -2.11. The van der Waals surface area contributed by atoms with E-state index >= 15 is 0 Å². The van der Waals surface area contributed by atoms with Crippen LogP contribution in [0, 0.1) is 6.92 Å². The molecule has 0 atom stereocenters. The van der Waals surface area contributed by atoms with Crippen LogP contribution in [0.4, 0.5) is 5.69 Å². The van der Waals surface area contributed by atoms with Gasteiger partial charge < -0.3 is 19.1 Å². The molecule has 7 heteroatoms. The fraction of sp³-hybridized carbons (Fsp3) is 0.138. The van der Waals surface area contributed by atoms with Crippen molar-refractivity contribution in [2.24, 2.45) is 10.2 Å². The standard InChI is InChI=1S/C29H25N3O4/c1-20-9-2-7-15-25(20)36-19-27(33)30-31-28-23-13-5-6-14-24(23)32(29(28)34)17-18-35-26-16-8-11-21-10-3-4-12-22(21)26/h2-16,34H,17-19H2,1H3. The summed E-state index contributed by atoms with van der Waals surface area (Å²) in [5.41, 5.74) is 1.93. The van der Waals surface area contributed by atoms with Crippen molar-refractivity contribution in [3.05, 3.63) is 96.6 Å². The van der Waals surface area contributed by atoms with E-state index in [9.17, 15) is 9.90 Å². The Bertz CT molecular complexity index is 1570. The van der Waals surface area contributed by atoms with E-state index in [1.807, 2.05) is 91.9 Å². The Labute approximate surface area is 208 Å². The van der Waals surface area contributed by atoms with Crippen LogP contribution >= 0.6 is 0 Å². The maximum atomic E-state index is 12.3. The van der Waals surface area contributed by atoms with Crippen LogP contribution in [0.2, 0.25) is 0 Å². The van der Waals surface area contributed by atoms with Crippen molar-refractivity contribution in [2.75, 3.05) is 13.2 Å². The molecule has 0 radical (unpaired) electrons. The first kappa shape index (κ1) is 23.1. The van der Waals surface area contributed by atoms with E-state index in [1.54, 1.807) is 10.6 Å². The van der Waals surface area contributed by atoms with Crippen LogP contribution in [0.5, 0.6) is 17.4 Å². The second kappa shape index (κ2) is 10.3. The lowest BCUT2D eigenvalue weighted by atomic mass is 10.1. The lowest BCUT2D eigenvalue weighted by molar-refractivity contribution is -0.120. The van der Waals surface area contributed by atoms with E-state index in [1.165, 1.54) is 0 Å². The molecule has 0 unspecified atom stereocenters. The predicted molar refractivity (Wildman–Crippen MR) is 139 cm³/mol. The molecule has 1 heterocycles. The summed E-state index contributed by atoms with van der Waals surface area (Å²) in [4.78, 5) is 12.3. The number of hydrogen-bond acceptors (Lipinski definition) is 5. The van der Waals surface area contributed by atoms with E-state index in [4.69, 9.17) is 9.47 Å². The molecule has 1 amide bonds. The largest absolute Gasteiger partial charge is 0.493 e. The van der Waals surface area contributed by atoms with E-state index in [-0.39, 0.29) is 18.2 Å². The van der Waals surface area contributed by atoms with Gasteiger partial charge in [0.25, 0.3) is 0 Å². The highest BCUT2D eigenvalue weighted by Gasteiger charge is 2.17. The van der Waals surface area contributed by atoms with Crippen molar-refractivity contribution in [1.82, 2.24) is 4.57 Å². The monoisotopic (exact) mass is 479 g/mol. The van der Waals surface area contributed by atoms with Crippen molar-refractivity contribution >= 4 is 33.3 Å². The van der Waals surface area contributed by atoms with Crippen LogP contribution in [-0.4, -0.2) is 28.8 Å². The summed E-state index contributed by atoms with van der Waals surface area (Å²) in [5, 5.41) is 21.6. The molecule has 5 aromatic rings. The van der Waals surface area contributed by atoms with Crippen LogP contribution in [0.3, 0.4) is 0 Å². The Morgan fingerprint density at radius 2 is 1.53 bits per heavy atom. The van der Waals surface area contributed by atoms with Crippen LogP contribution in [0.25, 0.3) is 21.7 Å². The Hall–Kier alpha value is -4.65. The van der Waals surface area contributed by atoms with Gasteiger partial charge in [-0.3, -0.25) is 4.79 Å². The van der Waals surface area contributed by atoms with Gasteiger partial charge in [0.1, 0.15) is 18.1 Å². The first-order valence-corrected chi connectivity index (χ1v) is 11.7. The Kier molecular flexibility index (Phi) is 6.62. The normalized spacial score (nSPS) is 11.4. The summed E-state index contributed by atoms with van der Waals surface area (Å²) in [6.45, 7) is 2.38. The lowest BCUT2D eigenvalue weighted by Crippen LogP contribution is -2.08. The second-order valence-corrected chi connectivity index (χ2v) is 8.31. The van der Waals surface area contributed by atoms with Gasteiger partial charge in [-0.05, 0) is 36.1 Å². The molecule has 5 rings (SSSR count). The van der Waals surface area contributed by atoms with Crippen molar-refractivity contribution in [3.63, 3.8) is 0 Å². The van der Waals surface area contributed by atoms with Gasteiger partial charge in [0.2, 0.25) is 5.88 Å². The van der Waals surface area contributed by atoms with E-state index in [2.05, 4.69) is 10.2 Å². The van der Waals surface area contributed by atoms with Crippen LogP contribution in [0.1, 0.15) is 5.56 Å². The molecular weight excluding hydrogens is 454 g/mol. The summed E-state index contributed by atoms with van der Waals surface area (Å²) < 4.78 is 13.3. The zero-order chi connectivity index (χ0) is 24.9. The molecule has 36 heavy (non-hydrogen) atoms. The smallest absolute Gasteiger partial charge is 0.302 e. The van der Waals surface area contributed by atoms with Gasteiger partial charge in [0.05, 0.1) is 12.1 Å². The highest BCUT2D eigenvalue weighted by molar-refractivity contribution is 5.95. The predicted octanol–water partition coefficient (Wildman–Crippen LogP) is 6.58. The number of fused-ring (bicyclic) bond motifs is 2. The Morgan fingerprint density at radius 1 is 0.833 bits per heavy atom. The summed E-state index contributed by atoms with van der Waals surface area (Å²) >= 11 is 0. The highest BCUT2D eigenvalue weighted by atomic mass is 16.5. The van der Waals surface area contributed by atoms with Crippen molar-refractivity contribution < 1.29 is 19.4 Å². The van der Waals surface area contributed by atoms with Gasteiger partial charge in [-0.1, -0.05) is 72.8 Å². The molecule has 0 aliphatic carbocycles. The molecule has 1 aromatic heterocycles. The second-order valence-electron chi connectivity index (χ2n) is 8.31.